The van der Waals surface area contributed by atoms with Crippen molar-refractivity contribution in [2.24, 2.45) is 0 Å². The smallest absolute Gasteiger partial charge is 0.292 e. The van der Waals surface area contributed by atoms with E-state index in [2.05, 4.69) is 36.9 Å². The lowest BCUT2D eigenvalue weighted by Crippen LogP contribution is -3.19. The molecule has 2 fully saturated rings. The van der Waals surface area contributed by atoms with Crippen molar-refractivity contribution in [2.45, 2.75) is 33.2 Å². The van der Waals surface area contributed by atoms with Gasteiger partial charge in [-0.2, -0.15) is 0 Å². The number of anilines is 2. The summed E-state index contributed by atoms with van der Waals surface area (Å²) in [6, 6.07) is 13.9. The predicted molar refractivity (Wildman–Crippen MR) is 111 cm³/mol. The Bertz CT molecular complexity index is 899. The average molecular weight is 378 g/mol. The molecular weight excluding hydrogens is 350 g/mol. The van der Waals surface area contributed by atoms with Gasteiger partial charge >= 0.3 is 0 Å². The summed E-state index contributed by atoms with van der Waals surface area (Å²) in [5, 5.41) is 0. The van der Waals surface area contributed by atoms with E-state index >= 15 is 0 Å². The molecule has 1 N–H and O–H groups in total. The van der Waals surface area contributed by atoms with Gasteiger partial charge in [0.1, 0.15) is 0 Å². The number of carbonyl (C=O) groups excluding carboxylic acids is 2. The maximum atomic E-state index is 13.0. The third kappa shape index (κ3) is 3.42. The first-order valence-electron chi connectivity index (χ1n) is 10.0. The molecule has 2 aliphatic heterocycles. The predicted octanol–water partition coefficient (Wildman–Crippen LogP) is 1.65. The van der Waals surface area contributed by atoms with Gasteiger partial charge in [-0.15, -0.1) is 0 Å². The number of nitrogens with one attached hydrogen (secondary N) is 1. The molecule has 2 amide bonds. The van der Waals surface area contributed by atoms with Crippen LogP contribution in [0.1, 0.15) is 23.1 Å². The molecule has 5 nitrogen and oxygen atoms in total. The fourth-order valence-electron chi connectivity index (χ4n) is 4.36. The van der Waals surface area contributed by atoms with Crippen LogP contribution in [-0.4, -0.2) is 44.0 Å². The van der Waals surface area contributed by atoms with Crippen molar-refractivity contribution in [1.82, 2.24) is 0 Å². The van der Waals surface area contributed by atoms with Gasteiger partial charge in [0.15, 0.2) is 6.04 Å². The van der Waals surface area contributed by atoms with Crippen LogP contribution in [0.3, 0.4) is 0 Å². The third-order valence-electron chi connectivity index (χ3n) is 6.04. The van der Waals surface area contributed by atoms with E-state index in [-0.39, 0.29) is 17.9 Å². The lowest BCUT2D eigenvalue weighted by atomic mass is 10.1. The minimum absolute atomic E-state index is 0.0518. The summed E-state index contributed by atoms with van der Waals surface area (Å²) in [7, 11) is 0. The second-order valence-electron chi connectivity index (χ2n) is 8.09. The quantitative estimate of drug-likeness (QED) is 0.826. The Morgan fingerprint density at radius 1 is 0.893 bits per heavy atom. The zero-order valence-electron chi connectivity index (χ0n) is 16.9. The second-order valence-corrected chi connectivity index (χ2v) is 8.09. The maximum Gasteiger partial charge on any atom is 0.292 e. The number of carbonyl (C=O) groups is 2. The van der Waals surface area contributed by atoms with Gasteiger partial charge in [0.2, 0.25) is 5.91 Å². The highest BCUT2D eigenvalue weighted by Crippen LogP contribution is 2.24. The van der Waals surface area contributed by atoms with Crippen LogP contribution in [0.5, 0.6) is 0 Å². The number of imide groups is 1. The highest BCUT2D eigenvalue weighted by Gasteiger charge is 2.46. The lowest BCUT2D eigenvalue weighted by Gasteiger charge is -2.36. The van der Waals surface area contributed by atoms with Crippen molar-refractivity contribution in [3.05, 3.63) is 59.2 Å². The van der Waals surface area contributed by atoms with Crippen LogP contribution >= 0.6 is 0 Å². The fourth-order valence-corrected chi connectivity index (χ4v) is 4.36. The molecule has 0 aliphatic carbocycles. The van der Waals surface area contributed by atoms with E-state index in [9.17, 15) is 9.59 Å². The first-order chi connectivity index (χ1) is 13.4. The summed E-state index contributed by atoms with van der Waals surface area (Å²) in [4.78, 5) is 30.6. The highest BCUT2D eigenvalue weighted by molar-refractivity contribution is 6.21. The maximum absolute atomic E-state index is 13.0. The van der Waals surface area contributed by atoms with Gasteiger partial charge in [-0.05, 0) is 50.1 Å². The molecule has 2 heterocycles. The minimum atomic E-state index is -0.255. The summed E-state index contributed by atoms with van der Waals surface area (Å²) >= 11 is 0. The van der Waals surface area contributed by atoms with Gasteiger partial charge < -0.3 is 9.80 Å². The topological polar surface area (TPSA) is 45.1 Å². The standard InChI is InChI=1S/C23H27N3O2/c1-16-5-8-19(9-6-16)26-22(27)15-21(23(26)28)25-12-10-24(11-13-25)20-14-17(2)4-7-18(20)3/h4-9,14,21H,10-13,15H2,1-3H3/p+1/t21-/m1/s1. The first kappa shape index (κ1) is 18.7. The second kappa shape index (κ2) is 7.40. The van der Waals surface area contributed by atoms with Crippen LogP contribution in [0.15, 0.2) is 42.5 Å². The molecule has 0 saturated carbocycles. The van der Waals surface area contributed by atoms with E-state index in [0.717, 1.165) is 31.7 Å². The van der Waals surface area contributed by atoms with Gasteiger partial charge in [-0.3, -0.25) is 9.59 Å². The first-order valence-corrected chi connectivity index (χ1v) is 10.0. The third-order valence-corrected chi connectivity index (χ3v) is 6.04. The Hall–Kier alpha value is -2.66. The van der Waals surface area contributed by atoms with Gasteiger partial charge in [0.05, 0.1) is 38.3 Å². The summed E-state index contributed by atoms with van der Waals surface area (Å²) in [6.07, 6.45) is 0.311. The van der Waals surface area contributed by atoms with Gasteiger partial charge in [0, 0.05) is 5.69 Å². The van der Waals surface area contributed by atoms with E-state index in [1.54, 1.807) is 0 Å². The molecule has 0 aromatic heterocycles. The zero-order valence-corrected chi connectivity index (χ0v) is 16.9. The largest absolute Gasteiger partial charge is 0.360 e. The molecule has 1 atom stereocenters. The van der Waals surface area contributed by atoms with Crippen LogP contribution in [0.25, 0.3) is 0 Å². The Labute approximate surface area is 166 Å². The SMILES string of the molecule is Cc1ccc(N2C(=O)C[C@@H]([NH+]3CCN(c4cc(C)ccc4C)CC3)C2=O)cc1. The molecular formula is C23H28N3O2+. The van der Waals surface area contributed by atoms with E-state index < -0.39 is 0 Å². The molecule has 0 spiro atoms. The van der Waals surface area contributed by atoms with Gasteiger partial charge in [-0.25, -0.2) is 4.90 Å². The molecule has 0 unspecified atom stereocenters. The van der Waals surface area contributed by atoms with E-state index in [1.165, 1.54) is 26.6 Å². The molecule has 2 aliphatic rings. The van der Waals surface area contributed by atoms with Crippen LogP contribution in [-0.2, 0) is 9.59 Å². The zero-order chi connectivity index (χ0) is 19.8. The summed E-state index contributed by atoms with van der Waals surface area (Å²) in [5.74, 6) is -0.132. The van der Waals surface area contributed by atoms with Crippen molar-refractivity contribution >= 4 is 23.2 Å². The number of hydrogen-bond donors (Lipinski definition) is 1. The lowest BCUT2D eigenvalue weighted by molar-refractivity contribution is -0.915. The number of nitrogens with zero attached hydrogens (tertiary/aromatic N) is 2. The number of benzene rings is 2. The van der Waals surface area contributed by atoms with Crippen molar-refractivity contribution in [1.29, 1.82) is 0 Å². The molecule has 4 rings (SSSR count). The number of rotatable bonds is 3. The van der Waals surface area contributed by atoms with Crippen molar-refractivity contribution in [3.8, 4) is 0 Å². The molecule has 5 heteroatoms. The Balaban J connectivity index is 1.45. The molecule has 2 saturated heterocycles. The number of aryl methyl sites for hydroxylation is 3. The minimum Gasteiger partial charge on any atom is -0.360 e. The van der Waals surface area contributed by atoms with Crippen LogP contribution in [0, 0.1) is 20.8 Å². The van der Waals surface area contributed by atoms with Crippen molar-refractivity contribution in [2.75, 3.05) is 36.0 Å². The van der Waals surface area contributed by atoms with Crippen molar-refractivity contribution < 1.29 is 14.5 Å². The summed E-state index contributed by atoms with van der Waals surface area (Å²) < 4.78 is 0. The molecule has 0 bridgehead atoms. The van der Waals surface area contributed by atoms with Crippen LogP contribution < -0.4 is 14.7 Å². The Morgan fingerprint density at radius 2 is 1.54 bits per heavy atom. The van der Waals surface area contributed by atoms with Gasteiger partial charge in [-0.1, -0.05) is 29.8 Å². The number of piperazine rings is 1. The summed E-state index contributed by atoms with van der Waals surface area (Å²) in [6.45, 7) is 9.82. The Morgan fingerprint density at radius 3 is 2.21 bits per heavy atom. The number of quaternary nitrogens is 1. The van der Waals surface area contributed by atoms with Crippen LogP contribution in [0.2, 0.25) is 0 Å². The molecule has 0 radical (unpaired) electrons. The number of hydrogen-bond acceptors (Lipinski definition) is 3. The van der Waals surface area contributed by atoms with E-state index in [1.807, 2.05) is 31.2 Å². The van der Waals surface area contributed by atoms with Gasteiger partial charge in [0.25, 0.3) is 5.91 Å². The summed E-state index contributed by atoms with van der Waals surface area (Å²) in [5.41, 5.74) is 5.64. The molecule has 146 valence electrons. The van der Waals surface area contributed by atoms with E-state index in [4.69, 9.17) is 0 Å². The van der Waals surface area contributed by atoms with E-state index in [0.29, 0.717) is 12.1 Å². The fraction of sp³-hybridized carbons (Fsp3) is 0.391. The highest BCUT2D eigenvalue weighted by atomic mass is 16.2. The Kier molecular flexibility index (Phi) is 4.94. The molecule has 2 aromatic carbocycles. The number of amides is 2. The normalized spacial score (nSPS) is 20.9. The van der Waals surface area contributed by atoms with Crippen LogP contribution in [0.4, 0.5) is 11.4 Å². The average Bonchev–Trinajstić information content (AvgIpc) is 2.99. The molecule has 2 aromatic rings. The molecule has 28 heavy (non-hydrogen) atoms. The van der Waals surface area contributed by atoms with Crippen molar-refractivity contribution in [3.63, 3.8) is 0 Å². The monoisotopic (exact) mass is 378 g/mol.